The van der Waals surface area contributed by atoms with Crippen LogP contribution in [0, 0.1) is 6.57 Å². The van der Waals surface area contributed by atoms with Gasteiger partial charge < -0.3 is 9.64 Å². The lowest BCUT2D eigenvalue weighted by molar-refractivity contribution is 0.0676. The van der Waals surface area contributed by atoms with Gasteiger partial charge in [0.15, 0.2) is 4.99 Å². The SMILES string of the molecule is [C-]#[N+]C(C(=O)c1ccc(Cl)cc1Cl)C(=S)N1CCOCC1. The third kappa shape index (κ3) is 3.72. The van der Waals surface area contributed by atoms with Crippen molar-refractivity contribution in [1.29, 1.82) is 0 Å². The van der Waals surface area contributed by atoms with E-state index in [0.29, 0.717) is 36.3 Å². The molecule has 110 valence electrons. The minimum atomic E-state index is -1.04. The molecule has 0 saturated carbocycles. The average Bonchev–Trinajstić information content (AvgIpc) is 2.48. The number of halogens is 2. The van der Waals surface area contributed by atoms with Crippen LogP contribution >= 0.6 is 35.4 Å². The number of ketones is 1. The second-order valence-electron chi connectivity index (χ2n) is 4.46. The molecule has 0 aromatic heterocycles. The van der Waals surface area contributed by atoms with Crippen LogP contribution in [-0.2, 0) is 4.74 Å². The van der Waals surface area contributed by atoms with E-state index < -0.39 is 11.8 Å². The van der Waals surface area contributed by atoms with Crippen LogP contribution in [0.2, 0.25) is 10.0 Å². The van der Waals surface area contributed by atoms with E-state index in [1.165, 1.54) is 12.1 Å². The summed E-state index contributed by atoms with van der Waals surface area (Å²) in [4.78, 5) is 18.1. The normalized spacial score (nSPS) is 16.1. The van der Waals surface area contributed by atoms with Crippen LogP contribution in [0.25, 0.3) is 4.85 Å². The Hall–Kier alpha value is -1.19. The third-order valence-electron chi connectivity index (χ3n) is 3.13. The summed E-state index contributed by atoms with van der Waals surface area (Å²) in [5.74, 6) is -0.400. The molecule has 7 heteroatoms. The molecule has 0 spiro atoms. The molecular formula is C14H12Cl2N2O2S. The van der Waals surface area contributed by atoms with E-state index in [1.54, 1.807) is 6.07 Å². The van der Waals surface area contributed by atoms with Crippen LogP contribution in [0.3, 0.4) is 0 Å². The van der Waals surface area contributed by atoms with Gasteiger partial charge >= 0.3 is 6.04 Å². The van der Waals surface area contributed by atoms with Crippen LogP contribution < -0.4 is 0 Å². The van der Waals surface area contributed by atoms with E-state index in [-0.39, 0.29) is 10.6 Å². The third-order valence-corrected chi connectivity index (χ3v) is 4.16. The number of nitrogens with zero attached hydrogens (tertiary/aromatic N) is 2. The lowest BCUT2D eigenvalue weighted by Crippen LogP contribution is -2.46. The number of hydrogen-bond acceptors (Lipinski definition) is 3. The molecule has 1 aromatic rings. The summed E-state index contributed by atoms with van der Waals surface area (Å²) in [5.41, 5.74) is 0.262. The van der Waals surface area contributed by atoms with Gasteiger partial charge in [0.1, 0.15) is 0 Å². The summed E-state index contributed by atoms with van der Waals surface area (Å²) in [6.45, 7) is 9.56. The molecule has 1 unspecified atom stereocenters. The summed E-state index contributed by atoms with van der Waals surface area (Å²) < 4.78 is 5.24. The van der Waals surface area contributed by atoms with Gasteiger partial charge in [0, 0.05) is 23.7 Å². The van der Waals surface area contributed by atoms with Crippen molar-refractivity contribution in [3.63, 3.8) is 0 Å². The first kappa shape index (κ1) is 16.2. The lowest BCUT2D eigenvalue weighted by atomic mass is 10.0. The first-order valence-electron chi connectivity index (χ1n) is 6.27. The van der Waals surface area contributed by atoms with Gasteiger partial charge in [-0.05, 0) is 18.2 Å². The molecule has 0 amide bonds. The van der Waals surface area contributed by atoms with Crippen molar-refractivity contribution < 1.29 is 9.53 Å². The zero-order valence-corrected chi connectivity index (χ0v) is 13.3. The summed E-state index contributed by atoms with van der Waals surface area (Å²) in [6.07, 6.45) is 0. The van der Waals surface area contributed by atoms with E-state index in [4.69, 9.17) is 46.7 Å². The second kappa shape index (κ2) is 7.19. The Kier molecular flexibility index (Phi) is 5.54. The molecule has 1 fully saturated rings. The van der Waals surface area contributed by atoms with Gasteiger partial charge in [0.2, 0.25) is 0 Å². The molecule has 1 aliphatic rings. The Bertz CT molecular complexity index is 609. The van der Waals surface area contributed by atoms with Gasteiger partial charge in [0.25, 0.3) is 5.78 Å². The minimum Gasteiger partial charge on any atom is -0.378 e. The second-order valence-corrected chi connectivity index (χ2v) is 5.72. The number of benzene rings is 1. The predicted molar refractivity (Wildman–Crippen MR) is 86.2 cm³/mol. The molecule has 1 aliphatic heterocycles. The van der Waals surface area contributed by atoms with E-state index >= 15 is 0 Å². The molecule has 2 rings (SSSR count). The molecule has 1 saturated heterocycles. The highest BCUT2D eigenvalue weighted by Crippen LogP contribution is 2.23. The summed E-state index contributed by atoms with van der Waals surface area (Å²) in [7, 11) is 0. The van der Waals surface area contributed by atoms with Crippen molar-refractivity contribution in [3.8, 4) is 0 Å². The molecule has 0 N–H and O–H groups in total. The Labute approximate surface area is 138 Å². The van der Waals surface area contributed by atoms with Crippen LogP contribution in [0.4, 0.5) is 0 Å². The quantitative estimate of drug-likeness (QED) is 0.480. The zero-order chi connectivity index (χ0) is 15.4. The fourth-order valence-electron chi connectivity index (χ4n) is 2.02. The van der Waals surface area contributed by atoms with Crippen molar-refractivity contribution in [2.24, 2.45) is 0 Å². The van der Waals surface area contributed by atoms with Gasteiger partial charge in [-0.15, -0.1) is 0 Å². The topological polar surface area (TPSA) is 33.9 Å². The van der Waals surface area contributed by atoms with Crippen molar-refractivity contribution in [2.75, 3.05) is 26.3 Å². The Morgan fingerprint density at radius 3 is 2.62 bits per heavy atom. The Morgan fingerprint density at radius 1 is 1.38 bits per heavy atom. The average molecular weight is 343 g/mol. The van der Waals surface area contributed by atoms with Gasteiger partial charge in [-0.1, -0.05) is 35.4 Å². The van der Waals surface area contributed by atoms with Crippen LogP contribution in [0.5, 0.6) is 0 Å². The van der Waals surface area contributed by atoms with E-state index in [9.17, 15) is 4.79 Å². The number of hydrogen-bond donors (Lipinski definition) is 0. The maximum atomic E-state index is 12.5. The van der Waals surface area contributed by atoms with Gasteiger partial charge in [-0.2, -0.15) is 0 Å². The first-order chi connectivity index (χ1) is 10.0. The minimum absolute atomic E-state index is 0.228. The van der Waals surface area contributed by atoms with Crippen molar-refractivity contribution in [1.82, 2.24) is 4.90 Å². The lowest BCUT2D eigenvalue weighted by Gasteiger charge is -2.28. The standard InChI is InChI=1S/C14H12Cl2N2O2S/c1-17-12(14(21)18-4-6-20-7-5-18)13(19)10-3-2-9(15)8-11(10)16/h2-3,8,12H,4-7H2. The van der Waals surface area contributed by atoms with Gasteiger partial charge in [0.05, 0.1) is 18.2 Å². The highest BCUT2D eigenvalue weighted by Gasteiger charge is 2.34. The molecule has 1 aromatic carbocycles. The maximum absolute atomic E-state index is 12.5. The molecule has 21 heavy (non-hydrogen) atoms. The van der Waals surface area contributed by atoms with E-state index in [2.05, 4.69) is 4.85 Å². The van der Waals surface area contributed by atoms with E-state index in [0.717, 1.165) is 0 Å². The maximum Gasteiger partial charge on any atom is 0.334 e. The number of Topliss-reactive ketones (excluding diaryl/α,β-unsaturated/α-hetero) is 1. The summed E-state index contributed by atoms with van der Waals surface area (Å²) in [6, 6.07) is 3.53. The van der Waals surface area contributed by atoms with E-state index in [1.807, 2.05) is 4.90 Å². The molecule has 0 bridgehead atoms. The van der Waals surface area contributed by atoms with Crippen molar-refractivity contribution >= 4 is 46.2 Å². The molecule has 1 atom stereocenters. The number of ether oxygens (including phenoxy) is 1. The predicted octanol–water partition coefficient (Wildman–Crippen LogP) is 3.12. The van der Waals surface area contributed by atoms with Gasteiger partial charge in [-0.3, -0.25) is 9.64 Å². The molecule has 1 heterocycles. The largest absolute Gasteiger partial charge is 0.378 e. The number of morpholine rings is 1. The number of carbonyl (C=O) groups excluding carboxylic acids is 1. The van der Waals surface area contributed by atoms with Crippen molar-refractivity contribution in [3.05, 3.63) is 45.2 Å². The number of carbonyl (C=O) groups is 1. The fraction of sp³-hybridized carbons (Fsp3) is 0.357. The number of rotatable bonds is 3. The Morgan fingerprint density at radius 2 is 2.05 bits per heavy atom. The number of thiocarbonyl (C=S) groups is 1. The summed E-state index contributed by atoms with van der Waals surface area (Å²) >= 11 is 17.2. The highest BCUT2D eigenvalue weighted by molar-refractivity contribution is 7.80. The molecule has 0 aliphatic carbocycles. The van der Waals surface area contributed by atoms with Gasteiger partial charge in [-0.25, -0.2) is 6.57 Å². The van der Waals surface area contributed by atoms with Crippen LogP contribution in [0.15, 0.2) is 18.2 Å². The van der Waals surface area contributed by atoms with Crippen molar-refractivity contribution in [2.45, 2.75) is 6.04 Å². The monoisotopic (exact) mass is 342 g/mol. The first-order valence-corrected chi connectivity index (χ1v) is 7.43. The highest BCUT2D eigenvalue weighted by atomic mass is 35.5. The fourth-order valence-corrected chi connectivity index (χ4v) is 2.86. The zero-order valence-electron chi connectivity index (χ0n) is 11.0. The molecule has 0 radical (unpaired) electrons. The smallest absolute Gasteiger partial charge is 0.334 e. The molecule has 4 nitrogen and oxygen atoms in total. The van der Waals surface area contributed by atoms with Crippen LogP contribution in [-0.4, -0.2) is 48.0 Å². The molecular weight excluding hydrogens is 331 g/mol. The Balaban J connectivity index is 2.22. The summed E-state index contributed by atoms with van der Waals surface area (Å²) in [5, 5.41) is 0.664. The van der Waals surface area contributed by atoms with Crippen LogP contribution in [0.1, 0.15) is 10.4 Å².